The van der Waals surface area contributed by atoms with Crippen molar-refractivity contribution < 1.29 is 0 Å². The molecule has 1 unspecified atom stereocenters. The molecule has 0 fully saturated rings. The highest BCUT2D eigenvalue weighted by atomic mass is 15.2. The Balaban J connectivity index is 1.39. The molecule has 0 bridgehead atoms. The van der Waals surface area contributed by atoms with E-state index in [-0.39, 0.29) is 0 Å². The number of hydrogen-bond acceptors (Lipinski definition) is 1. The zero-order chi connectivity index (χ0) is 29.6. The molecule has 0 amide bonds. The van der Waals surface area contributed by atoms with Crippen molar-refractivity contribution in [1.82, 2.24) is 0 Å². The van der Waals surface area contributed by atoms with Crippen LogP contribution in [0.15, 0.2) is 175 Å². The lowest BCUT2D eigenvalue weighted by molar-refractivity contribution is 0.746. The minimum absolute atomic E-state index is 0.323. The Labute approximate surface area is 259 Å². The van der Waals surface area contributed by atoms with Crippen LogP contribution < -0.4 is 4.90 Å². The summed E-state index contributed by atoms with van der Waals surface area (Å²) in [5.74, 6) is 0.323. The van der Waals surface area contributed by atoms with Crippen molar-refractivity contribution >= 4 is 32.8 Å². The molecule has 44 heavy (non-hydrogen) atoms. The molecule has 6 aromatic carbocycles. The number of nitrogens with zero attached hydrogens (tertiary/aromatic N) is 1. The summed E-state index contributed by atoms with van der Waals surface area (Å²) in [5, 5.41) is 5.06. The smallest absolute Gasteiger partial charge is 0.0465 e. The first-order valence-corrected chi connectivity index (χ1v) is 15.4. The van der Waals surface area contributed by atoms with E-state index in [4.69, 9.17) is 0 Å². The van der Waals surface area contributed by atoms with Crippen LogP contribution in [0.25, 0.3) is 49.4 Å². The van der Waals surface area contributed by atoms with Crippen LogP contribution in [0, 0.1) is 5.92 Å². The van der Waals surface area contributed by atoms with Gasteiger partial charge in [-0.05, 0) is 98.1 Å². The first-order chi connectivity index (χ1) is 21.7. The van der Waals surface area contributed by atoms with E-state index >= 15 is 0 Å². The first kappa shape index (κ1) is 26.2. The third-order valence-electron chi connectivity index (χ3n) is 9.39. The van der Waals surface area contributed by atoms with Crippen molar-refractivity contribution in [3.05, 3.63) is 181 Å². The van der Waals surface area contributed by atoms with Gasteiger partial charge in [-0.3, -0.25) is 0 Å². The molecule has 6 aromatic rings. The van der Waals surface area contributed by atoms with Gasteiger partial charge in [-0.2, -0.15) is 0 Å². The van der Waals surface area contributed by atoms with Gasteiger partial charge in [0, 0.05) is 23.0 Å². The number of rotatable bonds is 5. The highest BCUT2D eigenvalue weighted by Crippen LogP contribution is 2.49. The van der Waals surface area contributed by atoms with Crippen LogP contribution in [0.5, 0.6) is 0 Å². The molecule has 0 aromatic heterocycles. The Morgan fingerprint density at radius 1 is 0.591 bits per heavy atom. The Kier molecular flexibility index (Phi) is 6.38. The van der Waals surface area contributed by atoms with E-state index < -0.39 is 0 Å². The van der Waals surface area contributed by atoms with Gasteiger partial charge in [0.25, 0.3) is 0 Å². The van der Waals surface area contributed by atoms with Gasteiger partial charge in [-0.15, -0.1) is 0 Å². The SMILES string of the molecule is C=CC1=C(C)C2CC(c3ccccc3)=CC=C2N1c1ccc2c(-c3ccccc3)c3ccccc3c(-c3ccccc3)c2c1. The molecule has 1 atom stereocenters. The van der Waals surface area contributed by atoms with Crippen molar-refractivity contribution in [2.24, 2.45) is 5.92 Å². The van der Waals surface area contributed by atoms with E-state index in [0.29, 0.717) is 5.92 Å². The monoisotopic (exact) mass is 563 g/mol. The predicted octanol–water partition coefficient (Wildman–Crippen LogP) is 11.6. The van der Waals surface area contributed by atoms with Crippen LogP contribution >= 0.6 is 0 Å². The molecule has 8 rings (SSSR count). The normalized spacial score (nSPS) is 16.2. The first-order valence-electron chi connectivity index (χ1n) is 15.4. The standard InChI is InChI=1S/C43H33N/c1-3-40-29(2)38-27-33(30-15-7-4-8-16-30)23-26-41(38)44(40)34-24-25-37-39(28-34)43(32-19-11-6-12-20-32)36-22-14-13-21-35(36)42(37)31-17-9-5-10-18-31/h3-26,28,38H,1,27H2,2H3. The fourth-order valence-corrected chi connectivity index (χ4v) is 7.34. The van der Waals surface area contributed by atoms with E-state index in [1.807, 2.05) is 6.08 Å². The quantitative estimate of drug-likeness (QED) is 0.189. The number of hydrogen-bond donors (Lipinski definition) is 0. The maximum Gasteiger partial charge on any atom is 0.0465 e. The molecule has 1 heteroatoms. The Bertz CT molecular complexity index is 2150. The second kappa shape index (κ2) is 10.7. The van der Waals surface area contributed by atoms with Crippen molar-refractivity contribution in [3.8, 4) is 22.3 Å². The number of allylic oxidation sites excluding steroid dienone is 5. The fourth-order valence-electron chi connectivity index (χ4n) is 7.34. The lowest BCUT2D eigenvalue weighted by atomic mass is 9.84. The summed E-state index contributed by atoms with van der Waals surface area (Å²) in [4.78, 5) is 2.44. The van der Waals surface area contributed by atoms with Crippen LogP contribution in [0.2, 0.25) is 0 Å². The maximum atomic E-state index is 4.28. The third-order valence-corrected chi connectivity index (χ3v) is 9.39. The molecule has 0 radical (unpaired) electrons. The molecule has 210 valence electrons. The van der Waals surface area contributed by atoms with Crippen molar-refractivity contribution in [1.29, 1.82) is 0 Å². The van der Waals surface area contributed by atoms with E-state index in [2.05, 4.69) is 164 Å². The molecule has 1 aliphatic heterocycles. The van der Waals surface area contributed by atoms with Crippen molar-refractivity contribution in [2.45, 2.75) is 13.3 Å². The highest BCUT2D eigenvalue weighted by Gasteiger charge is 2.35. The maximum absolute atomic E-state index is 4.28. The average Bonchev–Trinajstić information content (AvgIpc) is 3.38. The van der Waals surface area contributed by atoms with Gasteiger partial charge in [0.15, 0.2) is 0 Å². The molecular formula is C43H33N. The lowest BCUT2D eigenvalue weighted by Crippen LogP contribution is -2.20. The molecule has 2 aliphatic rings. The summed E-state index contributed by atoms with van der Waals surface area (Å²) in [7, 11) is 0. The van der Waals surface area contributed by atoms with Gasteiger partial charge < -0.3 is 4.90 Å². The molecule has 1 nitrogen and oxygen atoms in total. The Morgan fingerprint density at radius 2 is 1.11 bits per heavy atom. The van der Waals surface area contributed by atoms with Crippen molar-refractivity contribution in [2.75, 3.05) is 4.90 Å². The Morgan fingerprint density at radius 3 is 1.70 bits per heavy atom. The summed E-state index contributed by atoms with van der Waals surface area (Å²) in [5.41, 5.74) is 12.8. The fraction of sp³-hybridized carbons (Fsp3) is 0.0698. The topological polar surface area (TPSA) is 3.24 Å². The molecular weight excluding hydrogens is 530 g/mol. The number of anilines is 1. The van der Waals surface area contributed by atoms with Gasteiger partial charge in [0.2, 0.25) is 0 Å². The summed E-state index contributed by atoms with van der Waals surface area (Å²) >= 11 is 0. The van der Waals surface area contributed by atoms with Crippen molar-refractivity contribution in [3.63, 3.8) is 0 Å². The molecule has 0 saturated heterocycles. The van der Waals surface area contributed by atoms with Gasteiger partial charge in [0.05, 0.1) is 0 Å². The number of benzene rings is 6. The zero-order valence-electron chi connectivity index (χ0n) is 24.9. The molecule has 0 spiro atoms. The van der Waals surface area contributed by atoms with Crippen LogP contribution in [0.3, 0.4) is 0 Å². The van der Waals surface area contributed by atoms with E-state index in [0.717, 1.165) is 6.42 Å². The average molecular weight is 564 g/mol. The second-order valence-electron chi connectivity index (χ2n) is 11.8. The summed E-state index contributed by atoms with van der Waals surface area (Å²) in [6.07, 6.45) is 7.66. The summed E-state index contributed by atoms with van der Waals surface area (Å²) < 4.78 is 0. The van der Waals surface area contributed by atoms with Gasteiger partial charge in [0.1, 0.15) is 0 Å². The van der Waals surface area contributed by atoms with E-state index in [9.17, 15) is 0 Å². The minimum Gasteiger partial charge on any atom is -0.314 e. The van der Waals surface area contributed by atoms with Crippen LogP contribution in [-0.4, -0.2) is 0 Å². The van der Waals surface area contributed by atoms with E-state index in [1.165, 1.54) is 77.6 Å². The molecule has 0 N–H and O–H groups in total. The Hall–Kier alpha value is -5.40. The van der Waals surface area contributed by atoms with Crippen LogP contribution in [0.4, 0.5) is 5.69 Å². The third kappa shape index (κ3) is 4.16. The zero-order valence-corrected chi connectivity index (χ0v) is 24.9. The predicted molar refractivity (Wildman–Crippen MR) is 188 cm³/mol. The molecule has 0 saturated carbocycles. The molecule has 1 aliphatic carbocycles. The van der Waals surface area contributed by atoms with E-state index in [1.54, 1.807) is 0 Å². The van der Waals surface area contributed by atoms with Crippen LogP contribution in [-0.2, 0) is 0 Å². The summed E-state index contributed by atoms with van der Waals surface area (Å²) in [6, 6.07) is 48.4. The van der Waals surface area contributed by atoms with Crippen LogP contribution in [0.1, 0.15) is 18.9 Å². The van der Waals surface area contributed by atoms with Gasteiger partial charge >= 0.3 is 0 Å². The van der Waals surface area contributed by atoms with Gasteiger partial charge in [-0.25, -0.2) is 0 Å². The largest absolute Gasteiger partial charge is 0.314 e. The van der Waals surface area contributed by atoms with Gasteiger partial charge in [-0.1, -0.05) is 134 Å². The molecule has 1 heterocycles. The summed E-state index contributed by atoms with van der Waals surface area (Å²) in [6.45, 7) is 6.56. The highest BCUT2D eigenvalue weighted by molar-refractivity contribution is 6.22. The number of fused-ring (bicyclic) bond motifs is 3. The lowest BCUT2D eigenvalue weighted by Gasteiger charge is -2.28. The second-order valence-corrected chi connectivity index (χ2v) is 11.8. The minimum atomic E-state index is 0.323.